The molecule has 0 atom stereocenters. The molecule has 0 saturated carbocycles. The topological polar surface area (TPSA) is 56.2 Å². The first kappa shape index (κ1) is 7.68. The van der Waals surface area contributed by atoms with Crippen LogP contribution in [0.15, 0.2) is 30.7 Å². The Balaban J connectivity index is 0.000000281. The summed E-state index contributed by atoms with van der Waals surface area (Å²) < 4.78 is 1.86. The van der Waals surface area contributed by atoms with E-state index < -0.39 is 0 Å². The third kappa shape index (κ3) is 1.53. The molecule has 0 saturated heterocycles. The molecule has 0 amide bonds. The van der Waals surface area contributed by atoms with Gasteiger partial charge in [0.2, 0.25) is 0 Å². The molecule has 0 spiro atoms. The molecular formula is C7H10N4. The quantitative estimate of drug-likeness (QED) is 0.587. The van der Waals surface area contributed by atoms with Gasteiger partial charge in [-0.25, -0.2) is 0 Å². The molecule has 0 aliphatic heterocycles. The first-order valence-corrected chi connectivity index (χ1v) is 3.29. The van der Waals surface area contributed by atoms with Crippen molar-refractivity contribution in [1.82, 2.24) is 14.6 Å². The molecule has 0 aromatic carbocycles. The summed E-state index contributed by atoms with van der Waals surface area (Å²) in [5.74, 6) is 0. The second-order valence-corrected chi connectivity index (χ2v) is 1.80. The van der Waals surface area contributed by atoms with Crippen LogP contribution in [-0.4, -0.2) is 21.6 Å². The van der Waals surface area contributed by atoms with Crippen molar-refractivity contribution in [1.29, 1.82) is 0 Å². The van der Waals surface area contributed by atoms with Crippen LogP contribution in [0.2, 0.25) is 0 Å². The molecule has 0 bridgehead atoms. The lowest BCUT2D eigenvalue weighted by Crippen LogP contribution is -1.77. The summed E-state index contributed by atoms with van der Waals surface area (Å²) in [5.41, 5.74) is 5.39. The van der Waals surface area contributed by atoms with E-state index in [1.165, 1.54) is 7.05 Å². The summed E-state index contributed by atoms with van der Waals surface area (Å²) in [5, 5.41) is 7.55. The number of nitrogens with two attached hydrogens (primary N) is 1. The van der Waals surface area contributed by atoms with Crippen LogP contribution in [0, 0.1) is 0 Å². The minimum atomic E-state index is 0.887. The molecule has 2 N–H and O–H groups in total. The van der Waals surface area contributed by atoms with E-state index in [0.717, 1.165) is 5.65 Å². The van der Waals surface area contributed by atoms with E-state index >= 15 is 0 Å². The molecule has 11 heavy (non-hydrogen) atoms. The number of hydrogen-bond acceptors (Lipinski definition) is 3. The number of aromatic nitrogens is 3. The Morgan fingerprint density at radius 1 is 1.36 bits per heavy atom. The summed E-state index contributed by atoms with van der Waals surface area (Å²) in [6.45, 7) is 0. The van der Waals surface area contributed by atoms with Gasteiger partial charge in [0.1, 0.15) is 6.33 Å². The lowest BCUT2D eigenvalue weighted by molar-refractivity contribution is 1.10. The zero-order valence-electron chi connectivity index (χ0n) is 6.31. The van der Waals surface area contributed by atoms with Crippen molar-refractivity contribution in [2.24, 2.45) is 5.73 Å². The summed E-state index contributed by atoms with van der Waals surface area (Å²) in [4.78, 5) is 0. The average molecular weight is 150 g/mol. The Hall–Kier alpha value is -1.42. The molecule has 2 aromatic heterocycles. The normalized spacial score (nSPS) is 8.91. The lowest BCUT2D eigenvalue weighted by Gasteiger charge is -1.84. The third-order valence-corrected chi connectivity index (χ3v) is 1.20. The monoisotopic (exact) mass is 150 g/mol. The van der Waals surface area contributed by atoms with Gasteiger partial charge in [0.15, 0.2) is 5.65 Å². The molecule has 0 aliphatic rings. The fourth-order valence-corrected chi connectivity index (χ4v) is 0.770. The minimum absolute atomic E-state index is 0.887. The van der Waals surface area contributed by atoms with E-state index in [1.807, 2.05) is 28.8 Å². The third-order valence-electron chi connectivity index (χ3n) is 1.20. The van der Waals surface area contributed by atoms with Crippen molar-refractivity contribution in [3.05, 3.63) is 30.7 Å². The van der Waals surface area contributed by atoms with Crippen LogP contribution in [-0.2, 0) is 0 Å². The molecule has 2 rings (SSSR count). The molecule has 4 heteroatoms. The molecule has 2 heterocycles. The molecule has 2 aromatic rings. The van der Waals surface area contributed by atoms with Gasteiger partial charge in [-0.05, 0) is 19.2 Å². The Kier molecular flexibility index (Phi) is 2.57. The minimum Gasteiger partial charge on any atom is -0.333 e. The highest BCUT2D eigenvalue weighted by Gasteiger charge is 1.87. The zero-order chi connectivity index (χ0) is 8.10. The Morgan fingerprint density at radius 2 is 2.18 bits per heavy atom. The number of hydrogen-bond donors (Lipinski definition) is 1. The van der Waals surface area contributed by atoms with Crippen LogP contribution in [0.1, 0.15) is 0 Å². The van der Waals surface area contributed by atoms with Crippen molar-refractivity contribution >= 4 is 5.65 Å². The van der Waals surface area contributed by atoms with Crippen molar-refractivity contribution in [3.63, 3.8) is 0 Å². The van der Waals surface area contributed by atoms with Crippen LogP contribution in [0.5, 0.6) is 0 Å². The maximum atomic E-state index is 4.50. The largest absolute Gasteiger partial charge is 0.333 e. The molecule has 0 unspecified atom stereocenters. The first-order chi connectivity index (χ1) is 5.47. The van der Waals surface area contributed by atoms with Gasteiger partial charge in [-0.1, -0.05) is 6.07 Å². The molecule has 58 valence electrons. The summed E-state index contributed by atoms with van der Waals surface area (Å²) in [6.07, 6.45) is 3.59. The number of nitrogens with zero attached hydrogens (tertiary/aromatic N) is 3. The van der Waals surface area contributed by atoms with Crippen LogP contribution in [0.3, 0.4) is 0 Å². The second-order valence-electron chi connectivity index (χ2n) is 1.80. The summed E-state index contributed by atoms with van der Waals surface area (Å²) >= 11 is 0. The van der Waals surface area contributed by atoms with E-state index in [1.54, 1.807) is 6.33 Å². The van der Waals surface area contributed by atoms with Gasteiger partial charge in [0.05, 0.1) is 0 Å². The van der Waals surface area contributed by atoms with E-state index in [2.05, 4.69) is 15.9 Å². The van der Waals surface area contributed by atoms with Gasteiger partial charge in [-0.2, -0.15) is 0 Å². The highest BCUT2D eigenvalue weighted by molar-refractivity contribution is 5.34. The van der Waals surface area contributed by atoms with Crippen molar-refractivity contribution in [3.8, 4) is 0 Å². The standard InChI is InChI=1S/C6H5N3.CH5N/c1-2-4-9-5-7-8-6(9)3-1;1-2/h1-5H;2H2,1H3. The number of pyridine rings is 1. The summed E-state index contributed by atoms with van der Waals surface area (Å²) in [7, 11) is 1.50. The first-order valence-electron chi connectivity index (χ1n) is 3.29. The molecule has 0 aliphatic carbocycles. The molecule has 0 radical (unpaired) electrons. The highest BCUT2D eigenvalue weighted by atomic mass is 15.2. The number of fused-ring (bicyclic) bond motifs is 1. The average Bonchev–Trinajstić information content (AvgIpc) is 2.55. The smallest absolute Gasteiger partial charge is 0.160 e. The summed E-state index contributed by atoms with van der Waals surface area (Å²) in [6, 6.07) is 5.79. The van der Waals surface area contributed by atoms with E-state index in [-0.39, 0.29) is 0 Å². The van der Waals surface area contributed by atoms with Crippen LogP contribution < -0.4 is 5.73 Å². The van der Waals surface area contributed by atoms with Crippen LogP contribution in [0.25, 0.3) is 5.65 Å². The fraction of sp³-hybridized carbons (Fsp3) is 0.143. The maximum Gasteiger partial charge on any atom is 0.160 e. The van der Waals surface area contributed by atoms with Gasteiger partial charge in [-0.15, -0.1) is 10.2 Å². The maximum absolute atomic E-state index is 4.50. The predicted octanol–water partition coefficient (Wildman–Crippen LogP) is 0.304. The Labute approximate surface area is 64.7 Å². The SMILES string of the molecule is CN.c1ccn2cnnc2c1. The second kappa shape index (κ2) is 3.68. The molecular weight excluding hydrogens is 140 g/mol. The van der Waals surface area contributed by atoms with Gasteiger partial charge in [-0.3, -0.25) is 4.40 Å². The van der Waals surface area contributed by atoms with Gasteiger partial charge in [0, 0.05) is 6.20 Å². The van der Waals surface area contributed by atoms with Gasteiger partial charge >= 0.3 is 0 Å². The van der Waals surface area contributed by atoms with Gasteiger partial charge in [0.25, 0.3) is 0 Å². The van der Waals surface area contributed by atoms with E-state index in [9.17, 15) is 0 Å². The number of rotatable bonds is 0. The lowest BCUT2D eigenvalue weighted by atomic mass is 10.5. The van der Waals surface area contributed by atoms with E-state index in [4.69, 9.17) is 0 Å². The van der Waals surface area contributed by atoms with Crippen molar-refractivity contribution < 1.29 is 0 Å². The van der Waals surface area contributed by atoms with Gasteiger partial charge < -0.3 is 5.73 Å². The fourth-order valence-electron chi connectivity index (χ4n) is 0.770. The van der Waals surface area contributed by atoms with Crippen molar-refractivity contribution in [2.45, 2.75) is 0 Å². The van der Waals surface area contributed by atoms with E-state index in [0.29, 0.717) is 0 Å². The molecule has 4 nitrogen and oxygen atoms in total. The zero-order valence-corrected chi connectivity index (χ0v) is 6.31. The highest BCUT2D eigenvalue weighted by Crippen LogP contribution is 1.94. The Morgan fingerprint density at radius 3 is 2.91 bits per heavy atom. The molecule has 0 fully saturated rings. The van der Waals surface area contributed by atoms with Crippen molar-refractivity contribution in [2.75, 3.05) is 7.05 Å². The van der Waals surface area contributed by atoms with Crippen LogP contribution in [0.4, 0.5) is 0 Å². The predicted molar refractivity (Wildman–Crippen MR) is 43.1 cm³/mol. The van der Waals surface area contributed by atoms with Crippen LogP contribution >= 0.6 is 0 Å². The Bertz CT molecular complexity index is 284.